The van der Waals surface area contributed by atoms with Gasteiger partial charge in [-0.3, -0.25) is 4.21 Å². The average molecular weight is 182 g/mol. The Kier molecular flexibility index (Phi) is 6.68. The number of hydrogen-bond acceptors (Lipinski definition) is 4. The van der Waals surface area contributed by atoms with Crippen LogP contribution < -0.4 is 4.72 Å². The molecule has 1 unspecified atom stereocenters. The molecule has 0 heterocycles. The summed E-state index contributed by atoms with van der Waals surface area (Å²) in [5.74, 6) is 0. The molecule has 0 aliphatic rings. The molecule has 0 saturated heterocycles. The Morgan fingerprint density at radius 1 is 1.55 bits per heavy atom. The molecule has 0 bridgehead atoms. The predicted octanol–water partition coefficient (Wildman–Crippen LogP) is -0.621. The maximum atomic E-state index is 9.96. The summed E-state index contributed by atoms with van der Waals surface area (Å²) in [6.45, 7) is 0.322. The summed E-state index contributed by atoms with van der Waals surface area (Å²) in [6, 6.07) is 0. The van der Waals surface area contributed by atoms with E-state index in [1.165, 1.54) is 14.2 Å². The van der Waals surface area contributed by atoms with Crippen molar-refractivity contribution < 1.29 is 18.2 Å². The molecule has 6 heteroatoms. The van der Waals surface area contributed by atoms with Crippen LogP contribution in [0.15, 0.2) is 0 Å². The second-order valence-electron chi connectivity index (χ2n) is 1.82. The van der Waals surface area contributed by atoms with Gasteiger partial charge in [-0.1, -0.05) is 0 Å². The van der Waals surface area contributed by atoms with Gasteiger partial charge in [0, 0.05) is 38.5 Å². The number of nitrogens with one attached hydrogen (secondary N) is 1. The molecule has 68 valence electrons. The Morgan fingerprint density at radius 3 is 2.45 bits per heavy atom. The molecule has 5 nitrogen and oxygen atoms in total. The van der Waals surface area contributed by atoms with Gasteiger partial charge in [-0.15, -0.1) is 0 Å². The molecule has 0 fully saturated rings. The van der Waals surface area contributed by atoms with Crippen molar-refractivity contribution in [3.63, 3.8) is 0 Å². The fourth-order valence-corrected chi connectivity index (χ4v) is 0.877. The van der Waals surface area contributed by atoms with Crippen molar-refractivity contribution in [3.8, 4) is 0 Å². The fraction of sp³-hybridized carbons (Fsp3) is 1.00. The average Bonchev–Trinajstić information content (AvgIpc) is 1.98. The highest BCUT2D eigenvalue weighted by molar-refractivity contribution is 7.77. The maximum absolute atomic E-state index is 9.96. The van der Waals surface area contributed by atoms with E-state index in [4.69, 9.17) is 9.47 Å². The highest BCUT2D eigenvalue weighted by atomic mass is 32.2. The first-order chi connectivity index (χ1) is 5.20. The highest BCUT2D eigenvalue weighted by Gasteiger charge is 2.02. The van der Waals surface area contributed by atoms with E-state index in [0.717, 1.165) is 0 Å². The summed E-state index contributed by atoms with van der Waals surface area (Å²) in [4.78, 5) is 0. The lowest BCUT2D eigenvalue weighted by atomic mass is 10.4. The van der Waals surface area contributed by atoms with E-state index in [1.54, 1.807) is 0 Å². The molecule has 0 radical (unpaired) electrons. The van der Waals surface area contributed by atoms with E-state index in [0.29, 0.717) is 13.0 Å². The molecule has 0 aliphatic heterocycles. The lowest BCUT2D eigenvalue weighted by Gasteiger charge is -2.13. The van der Waals surface area contributed by atoms with Gasteiger partial charge in [-0.05, 0) is 0 Å². The van der Waals surface area contributed by atoms with E-state index >= 15 is 0 Å². The molecule has 0 aromatic carbocycles. The maximum Gasteiger partial charge on any atom is 0.158 e. The summed E-state index contributed by atoms with van der Waals surface area (Å²) in [6.07, 6.45) is 0.159. The summed E-state index contributed by atoms with van der Waals surface area (Å²) in [5.41, 5.74) is 0. The van der Waals surface area contributed by atoms with Crippen LogP contribution in [0.25, 0.3) is 0 Å². The number of hydrogen-bond donors (Lipinski definition) is 1. The van der Waals surface area contributed by atoms with Crippen molar-refractivity contribution in [3.05, 3.63) is 0 Å². The molecule has 0 saturated carbocycles. The third kappa shape index (κ3) is 6.39. The van der Waals surface area contributed by atoms with Crippen LogP contribution in [0, 0.1) is 0 Å². The molecule has 0 aromatic rings. The van der Waals surface area contributed by atoms with E-state index in [1.807, 2.05) is 0 Å². The smallest absolute Gasteiger partial charge is 0.158 e. The molecular weight excluding hydrogens is 170 g/mol. The third-order valence-corrected chi connectivity index (χ3v) is 1.57. The Bertz CT molecular complexity index is 117. The van der Waals surface area contributed by atoms with Crippen molar-refractivity contribution in [2.45, 2.75) is 12.7 Å². The van der Waals surface area contributed by atoms with Gasteiger partial charge in [0.15, 0.2) is 6.29 Å². The van der Waals surface area contributed by atoms with Gasteiger partial charge in [-0.2, -0.15) is 0 Å². The van der Waals surface area contributed by atoms with Crippen LogP contribution in [0.1, 0.15) is 6.42 Å². The van der Waals surface area contributed by atoms with Gasteiger partial charge < -0.3 is 14.0 Å². The van der Waals surface area contributed by atoms with Crippen LogP contribution in [0.4, 0.5) is 0 Å². The first-order valence-corrected chi connectivity index (χ1v) is 4.16. The zero-order valence-corrected chi connectivity index (χ0v) is 7.35. The fourth-order valence-electron chi connectivity index (χ4n) is 0.592. The molecule has 0 spiro atoms. The lowest BCUT2D eigenvalue weighted by molar-refractivity contribution is -0.104. The van der Waals surface area contributed by atoms with Crippen molar-refractivity contribution in [1.82, 2.24) is 4.72 Å². The van der Waals surface area contributed by atoms with Crippen molar-refractivity contribution >= 4 is 11.3 Å². The number of methoxy groups -OCH3 is 2. The Balaban J connectivity index is 3.28. The van der Waals surface area contributed by atoms with Gasteiger partial charge in [0.1, 0.15) is 0 Å². The lowest BCUT2D eigenvalue weighted by Crippen LogP contribution is -2.24. The minimum atomic E-state index is -2.20. The summed E-state index contributed by atoms with van der Waals surface area (Å²) >= 11 is -2.20. The normalized spacial score (nSPS) is 13.8. The zero-order valence-electron chi connectivity index (χ0n) is 6.53. The quantitative estimate of drug-likeness (QED) is 0.439. The van der Waals surface area contributed by atoms with Gasteiger partial charge in [0.2, 0.25) is 0 Å². The van der Waals surface area contributed by atoms with E-state index in [9.17, 15) is 8.76 Å². The second-order valence-corrected chi connectivity index (χ2v) is 2.58. The minimum Gasteiger partial charge on any atom is -0.760 e. The Labute approximate surface area is 68.5 Å². The molecule has 0 rings (SSSR count). The standard InChI is InChI=1S/C5H13NO4S/c1-9-5(10-2)3-4-6-11(7)8/h5-6H,3-4H2,1-2H3,(H,7,8)/p-1. The molecule has 1 N–H and O–H groups in total. The van der Waals surface area contributed by atoms with Crippen LogP contribution in [-0.2, 0) is 20.7 Å². The molecule has 0 aromatic heterocycles. The predicted molar refractivity (Wildman–Crippen MR) is 39.3 cm³/mol. The molecular formula is C5H12NO4S-. The van der Waals surface area contributed by atoms with Crippen molar-refractivity contribution in [2.24, 2.45) is 0 Å². The first kappa shape index (κ1) is 11.0. The van der Waals surface area contributed by atoms with Gasteiger partial charge in [0.25, 0.3) is 0 Å². The first-order valence-electron chi connectivity index (χ1n) is 3.09. The molecule has 11 heavy (non-hydrogen) atoms. The van der Waals surface area contributed by atoms with E-state index < -0.39 is 11.3 Å². The SMILES string of the molecule is COC(CCNS(=O)[O-])OC. The van der Waals surface area contributed by atoms with Crippen molar-refractivity contribution in [2.75, 3.05) is 20.8 Å². The highest BCUT2D eigenvalue weighted by Crippen LogP contribution is 1.95. The van der Waals surface area contributed by atoms with Gasteiger partial charge >= 0.3 is 0 Å². The van der Waals surface area contributed by atoms with Crippen LogP contribution in [-0.4, -0.2) is 35.8 Å². The van der Waals surface area contributed by atoms with E-state index in [2.05, 4.69) is 4.72 Å². The summed E-state index contributed by atoms with van der Waals surface area (Å²) in [5, 5.41) is 0. The van der Waals surface area contributed by atoms with Crippen LogP contribution in [0.2, 0.25) is 0 Å². The van der Waals surface area contributed by atoms with Crippen LogP contribution >= 0.6 is 0 Å². The molecule has 1 atom stereocenters. The largest absolute Gasteiger partial charge is 0.760 e. The minimum absolute atomic E-state index is 0.322. The number of ether oxygens (including phenoxy) is 2. The van der Waals surface area contributed by atoms with Crippen LogP contribution in [0.3, 0.4) is 0 Å². The van der Waals surface area contributed by atoms with Crippen molar-refractivity contribution in [1.29, 1.82) is 0 Å². The summed E-state index contributed by atoms with van der Waals surface area (Å²) in [7, 11) is 3.00. The number of rotatable bonds is 6. The zero-order chi connectivity index (χ0) is 8.69. The van der Waals surface area contributed by atoms with Gasteiger partial charge in [-0.25, -0.2) is 4.72 Å². The Hall–Kier alpha value is -0.0100. The van der Waals surface area contributed by atoms with E-state index in [-0.39, 0.29) is 6.29 Å². The third-order valence-electron chi connectivity index (χ3n) is 1.13. The molecule has 0 amide bonds. The summed E-state index contributed by atoms with van der Waals surface area (Å²) < 4.78 is 31.8. The Morgan fingerprint density at radius 2 is 2.09 bits per heavy atom. The second kappa shape index (κ2) is 6.68. The molecule has 0 aliphatic carbocycles. The monoisotopic (exact) mass is 182 g/mol. The van der Waals surface area contributed by atoms with Gasteiger partial charge in [0.05, 0.1) is 0 Å². The van der Waals surface area contributed by atoms with Crippen LogP contribution in [0.5, 0.6) is 0 Å². The topological polar surface area (TPSA) is 70.6 Å².